The maximum Gasteiger partial charge on any atom is 0.224 e. The normalized spacial score (nSPS) is 16.7. The number of phenols is 1. The summed E-state index contributed by atoms with van der Waals surface area (Å²) in [6, 6.07) is 6.55. The summed E-state index contributed by atoms with van der Waals surface area (Å²) in [5, 5.41) is 15.3. The Hall–Kier alpha value is -1.55. The molecule has 2 rings (SSSR count). The van der Waals surface area contributed by atoms with Gasteiger partial charge in [0, 0.05) is 12.1 Å². The Labute approximate surface area is 101 Å². The van der Waals surface area contributed by atoms with Crippen LogP contribution in [0.1, 0.15) is 19.3 Å². The first-order chi connectivity index (χ1) is 8.24. The van der Waals surface area contributed by atoms with Crippen LogP contribution in [0.15, 0.2) is 24.3 Å². The molecule has 0 bridgehead atoms. The third-order valence-corrected chi connectivity index (χ3v) is 3.08. The zero-order valence-electron chi connectivity index (χ0n) is 9.78. The molecule has 17 heavy (non-hydrogen) atoms. The van der Waals surface area contributed by atoms with Crippen molar-refractivity contribution >= 4 is 11.6 Å². The molecule has 4 heteroatoms. The van der Waals surface area contributed by atoms with Gasteiger partial charge in [-0.1, -0.05) is 0 Å². The summed E-state index contributed by atoms with van der Waals surface area (Å²) >= 11 is 0. The van der Waals surface area contributed by atoms with Crippen LogP contribution in [0, 0.1) is 5.92 Å². The number of hydrogen-bond acceptors (Lipinski definition) is 3. The Morgan fingerprint density at radius 2 is 1.94 bits per heavy atom. The molecule has 92 valence electrons. The number of aromatic hydroxyl groups is 1. The van der Waals surface area contributed by atoms with E-state index in [1.165, 1.54) is 0 Å². The average Bonchev–Trinajstić information content (AvgIpc) is 2.33. The average molecular weight is 234 g/mol. The summed E-state index contributed by atoms with van der Waals surface area (Å²) in [6.45, 7) is 2.02. The molecule has 0 unspecified atom stereocenters. The third kappa shape index (κ3) is 3.75. The number of amides is 1. The van der Waals surface area contributed by atoms with Crippen LogP contribution in [0.2, 0.25) is 0 Å². The van der Waals surface area contributed by atoms with Crippen molar-refractivity contribution in [3.8, 4) is 5.75 Å². The second-order valence-corrected chi connectivity index (χ2v) is 4.49. The molecule has 1 saturated heterocycles. The predicted molar refractivity (Wildman–Crippen MR) is 66.9 cm³/mol. The van der Waals surface area contributed by atoms with Gasteiger partial charge >= 0.3 is 0 Å². The van der Waals surface area contributed by atoms with Crippen molar-refractivity contribution in [3.05, 3.63) is 24.3 Å². The zero-order chi connectivity index (χ0) is 12.1. The van der Waals surface area contributed by atoms with Crippen molar-refractivity contribution in [1.29, 1.82) is 0 Å². The first-order valence-corrected chi connectivity index (χ1v) is 6.03. The lowest BCUT2D eigenvalue weighted by Crippen LogP contribution is -2.30. The number of rotatable bonds is 3. The van der Waals surface area contributed by atoms with E-state index in [9.17, 15) is 4.79 Å². The Kier molecular flexibility index (Phi) is 3.98. The van der Waals surface area contributed by atoms with Gasteiger partial charge in [-0.05, 0) is 56.1 Å². The molecule has 1 fully saturated rings. The summed E-state index contributed by atoms with van der Waals surface area (Å²) < 4.78 is 0. The molecular formula is C13H18N2O2. The number of nitrogens with one attached hydrogen (secondary N) is 2. The molecular weight excluding hydrogens is 216 g/mol. The standard InChI is InChI=1S/C13H18N2O2/c16-12-3-1-11(2-4-12)15-13(17)9-10-5-7-14-8-6-10/h1-4,10,14,16H,5-9H2,(H,15,17). The molecule has 1 aromatic carbocycles. The molecule has 0 spiro atoms. The lowest BCUT2D eigenvalue weighted by Gasteiger charge is -2.21. The van der Waals surface area contributed by atoms with Gasteiger partial charge in [-0.2, -0.15) is 0 Å². The van der Waals surface area contributed by atoms with Gasteiger partial charge in [0.2, 0.25) is 5.91 Å². The molecule has 1 aromatic rings. The fraction of sp³-hybridized carbons (Fsp3) is 0.462. The van der Waals surface area contributed by atoms with Crippen LogP contribution in [-0.4, -0.2) is 24.1 Å². The SMILES string of the molecule is O=C(CC1CCNCC1)Nc1ccc(O)cc1. The summed E-state index contributed by atoms with van der Waals surface area (Å²) in [5.74, 6) is 0.761. The molecule has 0 radical (unpaired) electrons. The minimum atomic E-state index is 0.0580. The minimum Gasteiger partial charge on any atom is -0.508 e. The molecule has 0 aromatic heterocycles. The van der Waals surface area contributed by atoms with E-state index < -0.39 is 0 Å². The first-order valence-electron chi connectivity index (χ1n) is 6.03. The van der Waals surface area contributed by atoms with Gasteiger partial charge in [0.15, 0.2) is 0 Å². The quantitative estimate of drug-likeness (QED) is 0.698. The fourth-order valence-corrected chi connectivity index (χ4v) is 2.10. The molecule has 0 aliphatic carbocycles. The first kappa shape index (κ1) is 11.9. The van der Waals surface area contributed by atoms with Crippen LogP contribution in [0.3, 0.4) is 0 Å². The van der Waals surface area contributed by atoms with Gasteiger partial charge in [0.25, 0.3) is 0 Å². The van der Waals surface area contributed by atoms with Gasteiger partial charge in [0.05, 0.1) is 0 Å². The van der Waals surface area contributed by atoms with Gasteiger partial charge in [-0.15, -0.1) is 0 Å². The number of carbonyl (C=O) groups is 1. The van der Waals surface area contributed by atoms with Crippen molar-refractivity contribution in [2.75, 3.05) is 18.4 Å². The summed E-state index contributed by atoms with van der Waals surface area (Å²) in [6.07, 6.45) is 2.73. The van der Waals surface area contributed by atoms with Gasteiger partial charge < -0.3 is 15.7 Å². The lowest BCUT2D eigenvalue weighted by molar-refractivity contribution is -0.117. The maximum absolute atomic E-state index is 11.8. The molecule has 1 heterocycles. The van der Waals surface area contributed by atoms with E-state index in [0.717, 1.165) is 31.6 Å². The van der Waals surface area contributed by atoms with E-state index in [4.69, 9.17) is 5.11 Å². The van der Waals surface area contributed by atoms with Crippen LogP contribution >= 0.6 is 0 Å². The molecule has 1 aliphatic heterocycles. The molecule has 4 nitrogen and oxygen atoms in total. The minimum absolute atomic E-state index is 0.0580. The highest BCUT2D eigenvalue weighted by Gasteiger charge is 2.16. The highest BCUT2D eigenvalue weighted by atomic mass is 16.3. The van der Waals surface area contributed by atoms with Gasteiger partial charge in [-0.3, -0.25) is 4.79 Å². The number of piperidine rings is 1. The van der Waals surface area contributed by atoms with Gasteiger partial charge in [-0.25, -0.2) is 0 Å². The van der Waals surface area contributed by atoms with E-state index in [0.29, 0.717) is 12.3 Å². The maximum atomic E-state index is 11.8. The van der Waals surface area contributed by atoms with E-state index in [1.54, 1.807) is 24.3 Å². The summed E-state index contributed by atoms with van der Waals surface area (Å²) in [7, 11) is 0. The van der Waals surface area contributed by atoms with Crippen LogP contribution in [-0.2, 0) is 4.79 Å². The monoisotopic (exact) mass is 234 g/mol. The predicted octanol–water partition coefficient (Wildman–Crippen LogP) is 1.72. The number of anilines is 1. The molecule has 0 saturated carbocycles. The van der Waals surface area contributed by atoms with Crippen LogP contribution in [0.4, 0.5) is 5.69 Å². The number of phenolic OH excluding ortho intramolecular Hbond substituents is 1. The molecule has 0 atom stereocenters. The van der Waals surface area contributed by atoms with Gasteiger partial charge in [0.1, 0.15) is 5.75 Å². The smallest absolute Gasteiger partial charge is 0.224 e. The van der Waals surface area contributed by atoms with Crippen LogP contribution in [0.5, 0.6) is 5.75 Å². The fourth-order valence-electron chi connectivity index (χ4n) is 2.10. The molecule has 3 N–H and O–H groups in total. The highest BCUT2D eigenvalue weighted by molar-refractivity contribution is 5.90. The van der Waals surface area contributed by atoms with E-state index in [-0.39, 0.29) is 11.7 Å². The topological polar surface area (TPSA) is 61.4 Å². The lowest BCUT2D eigenvalue weighted by atomic mass is 9.94. The second-order valence-electron chi connectivity index (χ2n) is 4.49. The Balaban J connectivity index is 1.82. The summed E-state index contributed by atoms with van der Waals surface area (Å²) in [5.41, 5.74) is 0.738. The van der Waals surface area contributed by atoms with Crippen molar-refractivity contribution in [3.63, 3.8) is 0 Å². The van der Waals surface area contributed by atoms with Crippen molar-refractivity contribution in [2.45, 2.75) is 19.3 Å². The largest absolute Gasteiger partial charge is 0.508 e. The van der Waals surface area contributed by atoms with E-state index in [1.807, 2.05) is 0 Å². The Morgan fingerprint density at radius 1 is 1.29 bits per heavy atom. The molecule has 1 amide bonds. The summed E-state index contributed by atoms with van der Waals surface area (Å²) in [4.78, 5) is 11.8. The van der Waals surface area contributed by atoms with E-state index in [2.05, 4.69) is 10.6 Å². The van der Waals surface area contributed by atoms with Crippen LogP contribution < -0.4 is 10.6 Å². The molecule has 1 aliphatic rings. The second kappa shape index (κ2) is 5.68. The number of carbonyl (C=O) groups excluding carboxylic acids is 1. The third-order valence-electron chi connectivity index (χ3n) is 3.08. The highest BCUT2D eigenvalue weighted by Crippen LogP contribution is 2.18. The number of benzene rings is 1. The van der Waals surface area contributed by atoms with Crippen molar-refractivity contribution in [1.82, 2.24) is 5.32 Å². The zero-order valence-corrected chi connectivity index (χ0v) is 9.78. The van der Waals surface area contributed by atoms with Crippen LogP contribution in [0.25, 0.3) is 0 Å². The Bertz CT molecular complexity index is 370. The number of hydrogen-bond donors (Lipinski definition) is 3. The van der Waals surface area contributed by atoms with E-state index >= 15 is 0 Å². The van der Waals surface area contributed by atoms with Crippen molar-refractivity contribution in [2.24, 2.45) is 5.92 Å². The van der Waals surface area contributed by atoms with Crippen molar-refractivity contribution < 1.29 is 9.90 Å². The Morgan fingerprint density at radius 3 is 2.59 bits per heavy atom.